The van der Waals surface area contributed by atoms with E-state index in [2.05, 4.69) is 0 Å². The predicted octanol–water partition coefficient (Wildman–Crippen LogP) is 3.71. The fourth-order valence-electron chi connectivity index (χ4n) is 2.19. The van der Waals surface area contributed by atoms with Crippen LogP contribution in [0.3, 0.4) is 0 Å². The Morgan fingerprint density at radius 2 is 0.846 bits per heavy atom. The van der Waals surface area contributed by atoms with E-state index < -0.39 is 0 Å². The van der Waals surface area contributed by atoms with Crippen LogP contribution in [0.5, 0.6) is 0 Å². The quantitative estimate of drug-likeness (QED) is 0.570. The molecule has 0 amide bonds. The second kappa shape index (κ2) is 7.92. The van der Waals surface area contributed by atoms with Gasteiger partial charge in [-0.3, -0.25) is 0 Å². The molecule has 0 aliphatic heterocycles. The Kier molecular flexibility index (Phi) is 7.08. The Morgan fingerprint density at radius 3 is 1.23 bits per heavy atom. The summed E-state index contributed by atoms with van der Waals surface area (Å²) in [5.41, 5.74) is 0. The van der Waals surface area contributed by atoms with Gasteiger partial charge in [-0.15, -0.1) is 0 Å². The first-order chi connectivity index (χ1) is 6.39. The van der Waals surface area contributed by atoms with Gasteiger partial charge in [0.25, 0.3) is 0 Å². The third-order valence-electron chi connectivity index (χ3n) is 3.15. The topological polar surface area (TPSA) is 0 Å². The van der Waals surface area contributed by atoms with Gasteiger partial charge >= 0.3 is 92.2 Å². The number of hydrogen-bond donors (Lipinski definition) is 0. The summed E-state index contributed by atoms with van der Waals surface area (Å²) >= 11 is 1.99. The third-order valence-corrected chi connectivity index (χ3v) is 4.55. The molecule has 1 heteroatoms. The molecule has 1 saturated carbocycles. The molecule has 0 nitrogen and oxygen atoms in total. The Morgan fingerprint density at radius 1 is 0.538 bits per heavy atom. The molecule has 0 aromatic carbocycles. The van der Waals surface area contributed by atoms with E-state index in [9.17, 15) is 0 Å². The van der Waals surface area contributed by atoms with Crippen LogP contribution in [0.4, 0.5) is 0 Å². The summed E-state index contributed by atoms with van der Waals surface area (Å²) in [6, 6.07) is 0. The van der Waals surface area contributed by atoms with Crippen molar-refractivity contribution >= 4 is 16.9 Å². The molecule has 0 saturated heterocycles. The van der Waals surface area contributed by atoms with Crippen LogP contribution in [0.1, 0.15) is 70.6 Å². The van der Waals surface area contributed by atoms with E-state index in [1.807, 2.05) is 16.9 Å². The molecular weight excluding hydrogens is 219 g/mol. The zero-order valence-corrected chi connectivity index (χ0v) is 11.4. The van der Waals surface area contributed by atoms with Crippen LogP contribution >= 0.6 is 0 Å². The van der Waals surface area contributed by atoms with Gasteiger partial charge in [-0.1, -0.05) is 0 Å². The normalized spacial score (nSPS) is 24.7. The maximum absolute atomic E-state index is 1.99. The van der Waals surface area contributed by atoms with Crippen LogP contribution in [-0.4, -0.2) is 16.9 Å². The molecule has 1 aliphatic rings. The van der Waals surface area contributed by atoms with Gasteiger partial charge in [-0.25, -0.2) is 0 Å². The van der Waals surface area contributed by atoms with E-state index in [0.717, 1.165) is 4.71 Å². The van der Waals surface area contributed by atoms with Crippen molar-refractivity contribution in [1.82, 2.24) is 0 Å². The molecule has 1 fully saturated rings. The van der Waals surface area contributed by atoms with Crippen molar-refractivity contribution in [2.75, 3.05) is 0 Å². The van der Waals surface area contributed by atoms with E-state index in [1.165, 1.54) is 70.6 Å². The molecule has 1 unspecified atom stereocenters. The number of hydrogen-bond acceptors (Lipinski definition) is 0. The average Bonchev–Trinajstić information content (AvgIpc) is 2.11. The summed E-state index contributed by atoms with van der Waals surface area (Å²) in [5.74, 6) is 0. The summed E-state index contributed by atoms with van der Waals surface area (Å²) in [5, 5.41) is 0. The molecule has 0 N–H and O–H groups in total. The summed E-state index contributed by atoms with van der Waals surface area (Å²) in [6.07, 6.45) is 16.5. The van der Waals surface area contributed by atoms with Crippen molar-refractivity contribution in [3.05, 3.63) is 0 Å². The van der Waals surface area contributed by atoms with Crippen LogP contribution < -0.4 is 0 Å². The van der Waals surface area contributed by atoms with Gasteiger partial charge in [-0.2, -0.15) is 0 Å². The maximum atomic E-state index is 1.99. The SMILES string of the molecule is [AsH2]C1CCCCCCCCCCC1. The zero-order valence-electron chi connectivity index (χ0n) is 8.93. The minimum absolute atomic E-state index is 1.06. The zero-order chi connectivity index (χ0) is 9.36. The summed E-state index contributed by atoms with van der Waals surface area (Å²) in [6.45, 7) is 0. The molecule has 13 heavy (non-hydrogen) atoms. The van der Waals surface area contributed by atoms with Crippen LogP contribution in [-0.2, 0) is 0 Å². The second-order valence-electron chi connectivity index (χ2n) is 4.52. The van der Waals surface area contributed by atoms with Crippen LogP contribution in [0.15, 0.2) is 0 Å². The predicted molar refractivity (Wildman–Crippen MR) is 63.1 cm³/mol. The van der Waals surface area contributed by atoms with Crippen molar-refractivity contribution in [3.8, 4) is 0 Å². The molecule has 1 atom stereocenters. The fraction of sp³-hybridized carbons (Fsp3) is 1.00. The van der Waals surface area contributed by atoms with Crippen molar-refractivity contribution in [3.63, 3.8) is 0 Å². The monoisotopic (exact) mass is 244 g/mol. The van der Waals surface area contributed by atoms with Gasteiger partial charge in [0, 0.05) is 0 Å². The molecule has 1 aliphatic carbocycles. The molecule has 0 radical (unpaired) electrons. The Balaban J connectivity index is 2.11. The van der Waals surface area contributed by atoms with Crippen LogP contribution in [0, 0.1) is 0 Å². The van der Waals surface area contributed by atoms with Gasteiger partial charge in [0.05, 0.1) is 0 Å². The standard InChI is InChI=1S/C12H25As/c13-12-10-8-6-4-2-1-3-5-7-9-11-12/h12H,1-11,13H2. The van der Waals surface area contributed by atoms with Gasteiger partial charge < -0.3 is 0 Å². The number of rotatable bonds is 0. The van der Waals surface area contributed by atoms with Gasteiger partial charge in [0.1, 0.15) is 0 Å². The van der Waals surface area contributed by atoms with Crippen LogP contribution in [0.25, 0.3) is 0 Å². The van der Waals surface area contributed by atoms with Crippen molar-refractivity contribution in [1.29, 1.82) is 0 Å². The minimum atomic E-state index is 1.06. The molecule has 1 rings (SSSR count). The molecule has 0 aromatic heterocycles. The first-order valence-electron chi connectivity index (χ1n) is 6.15. The van der Waals surface area contributed by atoms with E-state index in [4.69, 9.17) is 0 Å². The second-order valence-corrected chi connectivity index (χ2v) is 6.50. The Bertz CT molecular complexity index is 99.7. The van der Waals surface area contributed by atoms with Gasteiger partial charge in [0.15, 0.2) is 0 Å². The Hall–Kier alpha value is 0.558. The first kappa shape index (κ1) is 11.6. The van der Waals surface area contributed by atoms with Crippen LogP contribution in [0.2, 0.25) is 4.71 Å². The Labute approximate surface area is 92.4 Å². The van der Waals surface area contributed by atoms with E-state index >= 15 is 0 Å². The molecule has 0 heterocycles. The van der Waals surface area contributed by atoms with Gasteiger partial charge in [-0.05, 0) is 0 Å². The molecule has 78 valence electrons. The van der Waals surface area contributed by atoms with E-state index in [-0.39, 0.29) is 0 Å². The molecular formula is C12H25As. The van der Waals surface area contributed by atoms with Gasteiger partial charge in [0.2, 0.25) is 0 Å². The average molecular weight is 244 g/mol. The van der Waals surface area contributed by atoms with E-state index in [1.54, 1.807) is 0 Å². The fourth-order valence-corrected chi connectivity index (χ4v) is 3.18. The summed E-state index contributed by atoms with van der Waals surface area (Å²) in [7, 11) is 0. The molecule has 0 aromatic rings. The molecule has 0 bridgehead atoms. The van der Waals surface area contributed by atoms with Crippen molar-refractivity contribution < 1.29 is 0 Å². The van der Waals surface area contributed by atoms with Crippen molar-refractivity contribution in [2.24, 2.45) is 0 Å². The van der Waals surface area contributed by atoms with Crippen molar-refractivity contribution in [2.45, 2.75) is 75.3 Å². The summed E-state index contributed by atoms with van der Waals surface area (Å²) < 4.78 is 1.06. The van der Waals surface area contributed by atoms with E-state index in [0.29, 0.717) is 0 Å². The molecule has 0 spiro atoms. The third kappa shape index (κ3) is 6.61. The summed E-state index contributed by atoms with van der Waals surface area (Å²) in [4.78, 5) is 0. The first-order valence-corrected chi connectivity index (χ1v) is 7.55.